The maximum Gasteiger partial charge on any atom is 0.0558 e. The quantitative estimate of drug-likeness (QED) is 0.371. The Kier molecular flexibility index (Phi) is 1.22. The van der Waals surface area contributed by atoms with Gasteiger partial charge in [0, 0.05) is 32.7 Å². The van der Waals surface area contributed by atoms with E-state index in [2.05, 4.69) is 16.0 Å². The predicted octanol–water partition coefficient (Wildman–Crippen LogP) is -1.48. The van der Waals surface area contributed by atoms with Crippen LogP contribution >= 0.6 is 0 Å². The largest absolute Gasteiger partial charge is 0.314 e. The molecule has 0 radical (unpaired) electrons. The van der Waals surface area contributed by atoms with Crippen LogP contribution in [0.4, 0.5) is 0 Å². The van der Waals surface area contributed by atoms with Gasteiger partial charge < -0.3 is 16.0 Å². The Morgan fingerprint density at radius 1 is 0.889 bits per heavy atom. The molecular formula is C6H13N3. The lowest BCUT2D eigenvalue weighted by atomic mass is 9.91. The van der Waals surface area contributed by atoms with Gasteiger partial charge in [-0.2, -0.15) is 0 Å². The normalized spacial score (nSPS) is 32.0. The lowest BCUT2D eigenvalue weighted by Gasteiger charge is -2.46. The van der Waals surface area contributed by atoms with Crippen LogP contribution in [0.15, 0.2) is 0 Å². The Morgan fingerprint density at radius 3 is 2.00 bits per heavy atom. The SMILES string of the molecule is C1CNC2(CN1)CNC2. The summed E-state index contributed by atoms with van der Waals surface area (Å²) in [7, 11) is 0. The number of hydrogen-bond donors (Lipinski definition) is 3. The fourth-order valence-corrected chi connectivity index (χ4v) is 1.48. The molecule has 0 amide bonds. The average Bonchev–Trinajstić information content (AvgIpc) is 1.87. The standard InChI is InChI=1S/C6H13N3/c1-2-9-6(3-7-1)4-8-5-6/h7-9H,1-5H2. The zero-order valence-electron chi connectivity index (χ0n) is 5.54. The van der Waals surface area contributed by atoms with E-state index in [1.807, 2.05) is 0 Å². The summed E-state index contributed by atoms with van der Waals surface area (Å²) in [5.74, 6) is 0. The molecule has 0 aromatic heterocycles. The molecule has 2 saturated heterocycles. The van der Waals surface area contributed by atoms with Gasteiger partial charge in [0.1, 0.15) is 0 Å². The lowest BCUT2D eigenvalue weighted by Crippen LogP contribution is -2.74. The molecule has 52 valence electrons. The lowest BCUT2D eigenvalue weighted by molar-refractivity contribution is 0.184. The van der Waals surface area contributed by atoms with Gasteiger partial charge >= 0.3 is 0 Å². The van der Waals surface area contributed by atoms with Gasteiger partial charge in [-0.15, -0.1) is 0 Å². The Morgan fingerprint density at radius 2 is 1.67 bits per heavy atom. The van der Waals surface area contributed by atoms with Crippen molar-refractivity contribution in [1.82, 2.24) is 16.0 Å². The molecular weight excluding hydrogens is 114 g/mol. The molecule has 0 aromatic rings. The fourth-order valence-electron chi connectivity index (χ4n) is 1.48. The second-order valence-corrected chi connectivity index (χ2v) is 2.99. The zero-order valence-corrected chi connectivity index (χ0v) is 5.54. The van der Waals surface area contributed by atoms with E-state index in [4.69, 9.17) is 0 Å². The highest BCUT2D eigenvalue weighted by Crippen LogP contribution is 2.10. The maximum absolute atomic E-state index is 3.51. The van der Waals surface area contributed by atoms with Gasteiger partial charge in [0.25, 0.3) is 0 Å². The third kappa shape index (κ3) is 0.852. The average molecular weight is 127 g/mol. The van der Waals surface area contributed by atoms with Crippen molar-refractivity contribution in [3.63, 3.8) is 0 Å². The van der Waals surface area contributed by atoms with Crippen LogP contribution in [0.2, 0.25) is 0 Å². The highest BCUT2D eigenvalue weighted by atomic mass is 15.2. The van der Waals surface area contributed by atoms with E-state index in [9.17, 15) is 0 Å². The number of hydrogen-bond acceptors (Lipinski definition) is 3. The highest BCUT2D eigenvalue weighted by Gasteiger charge is 2.37. The van der Waals surface area contributed by atoms with Crippen molar-refractivity contribution in [2.75, 3.05) is 32.7 Å². The van der Waals surface area contributed by atoms with Gasteiger partial charge in [-0.1, -0.05) is 0 Å². The van der Waals surface area contributed by atoms with Crippen LogP contribution in [0.3, 0.4) is 0 Å². The molecule has 0 atom stereocenters. The summed E-state index contributed by atoms with van der Waals surface area (Å²) < 4.78 is 0. The van der Waals surface area contributed by atoms with E-state index in [0.717, 1.165) is 32.7 Å². The minimum absolute atomic E-state index is 0.429. The Bertz CT molecular complexity index is 101. The van der Waals surface area contributed by atoms with Gasteiger partial charge in [-0.25, -0.2) is 0 Å². The van der Waals surface area contributed by atoms with Crippen LogP contribution in [0.1, 0.15) is 0 Å². The van der Waals surface area contributed by atoms with Gasteiger partial charge in [-0.3, -0.25) is 0 Å². The van der Waals surface area contributed by atoms with Crippen LogP contribution in [0.5, 0.6) is 0 Å². The van der Waals surface area contributed by atoms with E-state index < -0.39 is 0 Å². The number of rotatable bonds is 0. The van der Waals surface area contributed by atoms with Crippen molar-refractivity contribution in [1.29, 1.82) is 0 Å². The molecule has 2 fully saturated rings. The molecule has 0 saturated carbocycles. The molecule has 0 bridgehead atoms. The van der Waals surface area contributed by atoms with Crippen molar-refractivity contribution in [2.24, 2.45) is 0 Å². The summed E-state index contributed by atoms with van der Waals surface area (Å²) in [6.45, 7) is 5.67. The van der Waals surface area contributed by atoms with Crippen molar-refractivity contribution < 1.29 is 0 Å². The highest BCUT2D eigenvalue weighted by molar-refractivity contribution is 5.03. The van der Waals surface area contributed by atoms with E-state index in [1.165, 1.54) is 0 Å². The topological polar surface area (TPSA) is 36.1 Å². The van der Waals surface area contributed by atoms with E-state index in [-0.39, 0.29) is 0 Å². The second kappa shape index (κ2) is 1.94. The van der Waals surface area contributed by atoms with Crippen LogP contribution < -0.4 is 16.0 Å². The summed E-state index contributed by atoms with van der Waals surface area (Å²) in [4.78, 5) is 0. The second-order valence-electron chi connectivity index (χ2n) is 2.99. The van der Waals surface area contributed by atoms with Gasteiger partial charge in [0.15, 0.2) is 0 Å². The first kappa shape index (κ1) is 5.65. The molecule has 3 heteroatoms. The van der Waals surface area contributed by atoms with Crippen LogP contribution in [-0.4, -0.2) is 38.3 Å². The number of piperazine rings is 1. The van der Waals surface area contributed by atoms with E-state index >= 15 is 0 Å². The van der Waals surface area contributed by atoms with Gasteiger partial charge in [0.05, 0.1) is 5.54 Å². The molecule has 0 aliphatic carbocycles. The summed E-state index contributed by atoms with van der Waals surface area (Å²) in [6.07, 6.45) is 0. The molecule has 1 spiro atoms. The Balaban J connectivity index is 1.93. The van der Waals surface area contributed by atoms with Gasteiger partial charge in [-0.05, 0) is 0 Å². The molecule has 2 aliphatic heterocycles. The van der Waals surface area contributed by atoms with Crippen LogP contribution in [-0.2, 0) is 0 Å². The predicted molar refractivity (Wildman–Crippen MR) is 36.5 cm³/mol. The molecule has 2 rings (SSSR count). The Labute approximate surface area is 55.2 Å². The van der Waals surface area contributed by atoms with Crippen molar-refractivity contribution in [2.45, 2.75) is 5.54 Å². The molecule has 0 unspecified atom stereocenters. The van der Waals surface area contributed by atoms with Crippen molar-refractivity contribution in [3.05, 3.63) is 0 Å². The third-order valence-electron chi connectivity index (χ3n) is 2.19. The molecule has 2 aliphatic rings. The summed E-state index contributed by atoms with van der Waals surface area (Å²) in [6, 6.07) is 0. The Hall–Kier alpha value is -0.120. The summed E-state index contributed by atoms with van der Waals surface area (Å²) >= 11 is 0. The fraction of sp³-hybridized carbons (Fsp3) is 1.00. The van der Waals surface area contributed by atoms with Crippen molar-refractivity contribution in [3.8, 4) is 0 Å². The first-order valence-corrected chi connectivity index (χ1v) is 3.58. The minimum atomic E-state index is 0.429. The first-order valence-electron chi connectivity index (χ1n) is 3.58. The zero-order chi connectivity index (χ0) is 6.16. The van der Waals surface area contributed by atoms with Crippen molar-refractivity contribution >= 4 is 0 Å². The molecule has 9 heavy (non-hydrogen) atoms. The van der Waals surface area contributed by atoms with E-state index in [1.54, 1.807) is 0 Å². The monoisotopic (exact) mass is 127 g/mol. The van der Waals surface area contributed by atoms with E-state index in [0.29, 0.717) is 5.54 Å². The minimum Gasteiger partial charge on any atom is -0.314 e. The van der Waals surface area contributed by atoms with Gasteiger partial charge in [0.2, 0.25) is 0 Å². The molecule has 0 aromatic carbocycles. The molecule has 2 heterocycles. The van der Waals surface area contributed by atoms with Crippen LogP contribution in [0, 0.1) is 0 Å². The third-order valence-corrected chi connectivity index (χ3v) is 2.19. The smallest absolute Gasteiger partial charge is 0.0558 e. The van der Waals surface area contributed by atoms with Crippen LogP contribution in [0.25, 0.3) is 0 Å². The first-order chi connectivity index (χ1) is 4.41. The maximum atomic E-state index is 3.51. The summed E-state index contributed by atoms with van der Waals surface area (Å²) in [5.41, 5.74) is 0.429. The molecule has 3 nitrogen and oxygen atoms in total. The number of nitrogens with one attached hydrogen (secondary N) is 3. The summed E-state index contributed by atoms with van der Waals surface area (Å²) in [5, 5.41) is 10.2. The molecule has 3 N–H and O–H groups in total.